The Morgan fingerprint density at radius 3 is 2.23 bits per heavy atom. The standard InChI is InChI=1S/C23H28FN3O3S/c24-21-10-9-20(17-22(21)31(29,30)27-11-5-2-6-12-27)23(28)26-15-13-25(14-16-26)18-19-7-3-1-4-8-19/h1,3-4,7-10,17H,2,5-6,11-16,18H2. The summed E-state index contributed by atoms with van der Waals surface area (Å²) >= 11 is 0. The molecule has 2 heterocycles. The van der Waals surface area contributed by atoms with Gasteiger partial charge in [-0.2, -0.15) is 4.31 Å². The first-order valence-electron chi connectivity index (χ1n) is 10.8. The number of carbonyl (C=O) groups excluding carboxylic acids is 1. The molecule has 0 saturated carbocycles. The molecule has 0 unspecified atom stereocenters. The quantitative estimate of drug-likeness (QED) is 0.710. The van der Waals surface area contributed by atoms with Crippen molar-refractivity contribution in [2.75, 3.05) is 39.3 Å². The molecule has 0 atom stereocenters. The van der Waals surface area contributed by atoms with Crippen LogP contribution in [-0.2, 0) is 16.6 Å². The number of piperidine rings is 1. The highest BCUT2D eigenvalue weighted by atomic mass is 32.2. The minimum atomic E-state index is -3.94. The molecule has 0 radical (unpaired) electrons. The molecular formula is C23H28FN3O3S. The van der Waals surface area contributed by atoms with Gasteiger partial charge in [-0.1, -0.05) is 36.8 Å². The number of sulfonamides is 1. The van der Waals surface area contributed by atoms with Crippen molar-refractivity contribution in [3.8, 4) is 0 Å². The fourth-order valence-corrected chi connectivity index (χ4v) is 5.82. The van der Waals surface area contributed by atoms with E-state index >= 15 is 0 Å². The number of amides is 1. The molecule has 2 aromatic rings. The molecule has 0 aromatic heterocycles. The number of hydrogen-bond donors (Lipinski definition) is 0. The molecule has 2 saturated heterocycles. The molecule has 2 aliphatic rings. The van der Waals surface area contributed by atoms with Crippen LogP contribution >= 0.6 is 0 Å². The Kier molecular flexibility index (Phi) is 6.69. The van der Waals surface area contributed by atoms with Crippen molar-refractivity contribution < 1.29 is 17.6 Å². The first kappa shape index (κ1) is 21.9. The summed E-state index contributed by atoms with van der Waals surface area (Å²) in [5, 5.41) is 0. The van der Waals surface area contributed by atoms with Gasteiger partial charge in [-0.05, 0) is 36.6 Å². The molecule has 6 nitrogen and oxygen atoms in total. The molecule has 1 amide bonds. The van der Waals surface area contributed by atoms with Gasteiger partial charge in [0.25, 0.3) is 5.91 Å². The number of piperazine rings is 1. The van der Waals surface area contributed by atoms with Gasteiger partial charge < -0.3 is 4.90 Å². The van der Waals surface area contributed by atoms with Crippen molar-refractivity contribution in [1.82, 2.24) is 14.1 Å². The summed E-state index contributed by atoms with van der Waals surface area (Å²) in [6.07, 6.45) is 2.52. The maximum Gasteiger partial charge on any atom is 0.253 e. The van der Waals surface area contributed by atoms with E-state index in [0.29, 0.717) is 26.2 Å². The van der Waals surface area contributed by atoms with Gasteiger partial charge in [0.2, 0.25) is 10.0 Å². The average molecular weight is 446 g/mol. The van der Waals surface area contributed by atoms with Gasteiger partial charge in [0.05, 0.1) is 0 Å². The number of halogens is 1. The van der Waals surface area contributed by atoms with Crippen molar-refractivity contribution in [1.29, 1.82) is 0 Å². The Morgan fingerprint density at radius 2 is 1.55 bits per heavy atom. The number of nitrogens with zero attached hydrogens (tertiary/aromatic N) is 3. The van der Waals surface area contributed by atoms with Crippen molar-refractivity contribution in [3.63, 3.8) is 0 Å². The first-order valence-corrected chi connectivity index (χ1v) is 12.2. The molecule has 31 heavy (non-hydrogen) atoms. The number of benzene rings is 2. The highest BCUT2D eigenvalue weighted by molar-refractivity contribution is 7.89. The molecule has 2 aliphatic heterocycles. The van der Waals surface area contributed by atoms with Gasteiger partial charge in [-0.25, -0.2) is 12.8 Å². The third-order valence-corrected chi connectivity index (χ3v) is 7.93. The second-order valence-electron chi connectivity index (χ2n) is 8.16. The van der Waals surface area contributed by atoms with Crippen LogP contribution in [0.5, 0.6) is 0 Å². The van der Waals surface area contributed by atoms with Crippen LogP contribution in [0.1, 0.15) is 35.2 Å². The maximum atomic E-state index is 14.4. The van der Waals surface area contributed by atoms with E-state index in [2.05, 4.69) is 17.0 Å². The van der Waals surface area contributed by atoms with Crippen LogP contribution in [0.25, 0.3) is 0 Å². The van der Waals surface area contributed by atoms with E-state index in [1.165, 1.54) is 22.0 Å². The highest BCUT2D eigenvalue weighted by Gasteiger charge is 2.30. The third-order valence-electron chi connectivity index (χ3n) is 6.02. The molecule has 2 fully saturated rings. The summed E-state index contributed by atoms with van der Waals surface area (Å²) in [4.78, 5) is 16.6. The van der Waals surface area contributed by atoms with Crippen LogP contribution in [0.3, 0.4) is 0 Å². The van der Waals surface area contributed by atoms with E-state index < -0.39 is 20.7 Å². The molecular weight excluding hydrogens is 417 g/mol. The number of carbonyl (C=O) groups is 1. The Morgan fingerprint density at radius 1 is 0.871 bits per heavy atom. The second kappa shape index (κ2) is 9.46. The highest BCUT2D eigenvalue weighted by Crippen LogP contribution is 2.24. The molecule has 0 bridgehead atoms. The summed E-state index contributed by atoms with van der Waals surface area (Å²) in [7, 11) is -3.94. The first-order chi connectivity index (χ1) is 14.9. The van der Waals surface area contributed by atoms with Crippen LogP contribution in [0.15, 0.2) is 53.4 Å². The SMILES string of the molecule is O=C(c1ccc(F)c(S(=O)(=O)N2CCCCC2)c1)N1CCN(Cc2ccccc2)CC1. The lowest BCUT2D eigenvalue weighted by Gasteiger charge is -2.35. The Bertz CT molecular complexity index is 1020. The predicted octanol–water partition coefficient (Wildman–Crippen LogP) is 2.96. The van der Waals surface area contributed by atoms with Crippen molar-refractivity contribution in [3.05, 3.63) is 65.5 Å². The van der Waals surface area contributed by atoms with Gasteiger partial charge in [0.15, 0.2) is 0 Å². The van der Waals surface area contributed by atoms with Gasteiger partial charge in [0.1, 0.15) is 10.7 Å². The molecule has 2 aromatic carbocycles. The Hall–Kier alpha value is -2.29. The van der Waals surface area contributed by atoms with Crippen molar-refractivity contribution in [2.45, 2.75) is 30.7 Å². The molecule has 4 rings (SSSR count). The van der Waals surface area contributed by atoms with E-state index in [-0.39, 0.29) is 11.5 Å². The molecule has 166 valence electrons. The smallest absolute Gasteiger partial charge is 0.253 e. The number of rotatable bonds is 5. The van der Waals surface area contributed by atoms with Gasteiger partial charge in [-0.3, -0.25) is 9.69 Å². The summed E-state index contributed by atoms with van der Waals surface area (Å²) in [6.45, 7) is 4.19. The fraction of sp³-hybridized carbons (Fsp3) is 0.435. The Balaban J connectivity index is 1.44. The normalized spacial score (nSPS) is 18.8. The van der Waals surface area contributed by atoms with Crippen LogP contribution < -0.4 is 0 Å². The minimum Gasteiger partial charge on any atom is -0.336 e. The van der Waals surface area contributed by atoms with Gasteiger partial charge in [0, 0.05) is 51.4 Å². The second-order valence-corrected chi connectivity index (χ2v) is 10.1. The number of hydrogen-bond acceptors (Lipinski definition) is 4. The zero-order valence-corrected chi connectivity index (χ0v) is 18.4. The summed E-state index contributed by atoms with van der Waals surface area (Å²) in [5.41, 5.74) is 1.45. The Labute approximate surface area is 183 Å². The van der Waals surface area contributed by atoms with Crippen LogP contribution in [0.4, 0.5) is 4.39 Å². The summed E-state index contributed by atoms with van der Waals surface area (Å²) < 4.78 is 41.6. The summed E-state index contributed by atoms with van der Waals surface area (Å²) in [5.74, 6) is -1.07. The van der Waals surface area contributed by atoms with Crippen molar-refractivity contribution in [2.24, 2.45) is 0 Å². The lowest BCUT2D eigenvalue weighted by molar-refractivity contribution is 0.0628. The van der Waals surface area contributed by atoms with Crippen LogP contribution in [-0.4, -0.2) is 67.7 Å². The molecule has 0 spiro atoms. The van der Waals surface area contributed by atoms with Crippen molar-refractivity contribution >= 4 is 15.9 Å². The van der Waals surface area contributed by atoms with Crippen LogP contribution in [0, 0.1) is 5.82 Å². The molecule has 0 aliphatic carbocycles. The lowest BCUT2D eigenvalue weighted by atomic mass is 10.1. The van der Waals surface area contributed by atoms with Gasteiger partial charge >= 0.3 is 0 Å². The van der Waals surface area contributed by atoms with E-state index in [1.807, 2.05) is 18.2 Å². The molecule has 8 heteroatoms. The van der Waals surface area contributed by atoms with E-state index in [1.54, 1.807) is 4.90 Å². The molecule has 0 N–H and O–H groups in total. The fourth-order valence-electron chi connectivity index (χ4n) is 4.21. The zero-order valence-electron chi connectivity index (χ0n) is 17.5. The van der Waals surface area contributed by atoms with E-state index in [9.17, 15) is 17.6 Å². The summed E-state index contributed by atoms with van der Waals surface area (Å²) in [6, 6.07) is 13.9. The van der Waals surface area contributed by atoms with E-state index in [0.717, 1.165) is 45.0 Å². The van der Waals surface area contributed by atoms with Gasteiger partial charge in [-0.15, -0.1) is 0 Å². The third kappa shape index (κ3) is 4.97. The largest absolute Gasteiger partial charge is 0.336 e. The lowest BCUT2D eigenvalue weighted by Crippen LogP contribution is -2.48. The van der Waals surface area contributed by atoms with E-state index in [4.69, 9.17) is 0 Å². The predicted molar refractivity (Wildman–Crippen MR) is 117 cm³/mol. The van der Waals surface area contributed by atoms with Crippen LogP contribution in [0.2, 0.25) is 0 Å². The average Bonchev–Trinajstić information content (AvgIpc) is 2.80. The maximum absolute atomic E-state index is 14.4. The minimum absolute atomic E-state index is 0.216. The zero-order chi connectivity index (χ0) is 21.8. The monoisotopic (exact) mass is 445 g/mol. The topological polar surface area (TPSA) is 60.9 Å².